The van der Waals surface area contributed by atoms with Crippen LogP contribution in [0.15, 0.2) is 41.5 Å². The fraction of sp³-hybridized carbons (Fsp3) is 0.0909. The molecule has 2 aromatic rings. The molecule has 0 bridgehead atoms. The lowest BCUT2D eigenvalue weighted by Gasteiger charge is -2.03. The Balaban J connectivity index is 2.23. The van der Waals surface area contributed by atoms with E-state index in [1.807, 2.05) is 0 Å². The summed E-state index contributed by atoms with van der Waals surface area (Å²) in [6.07, 6.45) is -2.15. The van der Waals surface area contributed by atoms with Crippen LogP contribution in [0.2, 0.25) is 0 Å². The predicted molar refractivity (Wildman–Crippen MR) is 61.6 cm³/mol. The van der Waals surface area contributed by atoms with Crippen molar-refractivity contribution in [3.8, 4) is 5.69 Å². The Hall–Kier alpha value is -2.35. The smallest absolute Gasteiger partial charge is 0.290 e. The van der Waals surface area contributed by atoms with Crippen LogP contribution in [0.4, 0.5) is 18.9 Å². The van der Waals surface area contributed by atoms with Crippen molar-refractivity contribution in [2.45, 2.75) is 6.18 Å². The van der Waals surface area contributed by atoms with E-state index < -0.39 is 11.9 Å². The molecule has 0 aliphatic carbocycles. The van der Waals surface area contributed by atoms with E-state index in [0.717, 1.165) is 17.1 Å². The first kappa shape index (κ1) is 13.1. The van der Waals surface area contributed by atoms with Gasteiger partial charge in [0.15, 0.2) is 5.69 Å². The van der Waals surface area contributed by atoms with Crippen molar-refractivity contribution in [2.75, 3.05) is 0 Å². The van der Waals surface area contributed by atoms with Crippen molar-refractivity contribution in [1.29, 1.82) is 0 Å². The summed E-state index contributed by atoms with van der Waals surface area (Å²) < 4.78 is 38.3. The first-order valence-electron chi connectivity index (χ1n) is 5.16. The molecule has 0 unspecified atom stereocenters. The van der Waals surface area contributed by atoms with E-state index in [0.29, 0.717) is 11.4 Å². The van der Waals surface area contributed by atoms with Crippen molar-refractivity contribution in [1.82, 2.24) is 15.3 Å². The molecule has 8 heteroatoms. The van der Waals surface area contributed by atoms with Gasteiger partial charge in [0.05, 0.1) is 11.4 Å². The van der Waals surface area contributed by atoms with Gasteiger partial charge in [0.25, 0.3) is 0 Å². The van der Waals surface area contributed by atoms with Crippen LogP contribution in [-0.2, 0) is 6.18 Å². The van der Waals surface area contributed by atoms with Gasteiger partial charge in [-0.25, -0.2) is 9.67 Å². The average molecular weight is 270 g/mol. The van der Waals surface area contributed by atoms with E-state index in [9.17, 15) is 13.2 Å². The molecule has 1 heterocycles. The quantitative estimate of drug-likeness (QED) is 0.512. The minimum atomic E-state index is -4.46. The number of hydrogen-bond donors (Lipinski definition) is 2. The second kappa shape index (κ2) is 5.11. The molecule has 0 spiro atoms. The van der Waals surface area contributed by atoms with E-state index in [1.165, 1.54) is 6.20 Å². The maximum Gasteiger partial charge on any atom is 0.435 e. The Bertz CT molecular complexity index is 574. The molecule has 0 fully saturated rings. The fourth-order valence-corrected chi connectivity index (χ4v) is 1.41. The second-order valence-corrected chi connectivity index (χ2v) is 3.55. The van der Waals surface area contributed by atoms with Crippen LogP contribution < -0.4 is 5.48 Å². The zero-order chi connectivity index (χ0) is 13.9. The SMILES string of the molecule is ONC=Nc1ccc(-n2ccc(C(F)(F)F)n2)cc1. The second-order valence-electron chi connectivity index (χ2n) is 3.55. The van der Waals surface area contributed by atoms with Gasteiger partial charge in [0, 0.05) is 6.20 Å². The Labute approximate surface area is 106 Å². The molecule has 1 aromatic heterocycles. The number of hydrogen-bond acceptors (Lipinski definition) is 3. The van der Waals surface area contributed by atoms with Crippen LogP contribution >= 0.6 is 0 Å². The lowest BCUT2D eigenvalue weighted by molar-refractivity contribution is -0.141. The van der Waals surface area contributed by atoms with Gasteiger partial charge in [-0.15, -0.1) is 0 Å². The summed E-state index contributed by atoms with van der Waals surface area (Å²) >= 11 is 0. The van der Waals surface area contributed by atoms with Gasteiger partial charge in [-0.3, -0.25) is 10.7 Å². The number of aromatic nitrogens is 2. The summed E-state index contributed by atoms with van der Waals surface area (Å²) in [4.78, 5) is 3.81. The minimum absolute atomic E-state index is 0.478. The zero-order valence-corrected chi connectivity index (χ0v) is 9.46. The van der Waals surface area contributed by atoms with E-state index >= 15 is 0 Å². The third-order valence-corrected chi connectivity index (χ3v) is 2.27. The number of halogens is 3. The summed E-state index contributed by atoms with van der Waals surface area (Å²) in [6.45, 7) is 0. The van der Waals surface area contributed by atoms with Crippen molar-refractivity contribution in [3.63, 3.8) is 0 Å². The van der Waals surface area contributed by atoms with Crippen LogP contribution in [0.1, 0.15) is 5.69 Å². The molecule has 0 radical (unpaired) electrons. The highest BCUT2D eigenvalue weighted by Gasteiger charge is 2.33. The number of benzene rings is 1. The molecule has 0 atom stereocenters. The van der Waals surface area contributed by atoms with Gasteiger partial charge in [0.2, 0.25) is 0 Å². The number of aliphatic imine (C=N–C) groups is 1. The number of nitrogens with zero attached hydrogens (tertiary/aromatic N) is 3. The third-order valence-electron chi connectivity index (χ3n) is 2.27. The van der Waals surface area contributed by atoms with Crippen molar-refractivity contribution in [3.05, 3.63) is 42.2 Å². The molecule has 19 heavy (non-hydrogen) atoms. The molecule has 0 aliphatic rings. The van der Waals surface area contributed by atoms with Gasteiger partial charge in [-0.2, -0.15) is 18.3 Å². The largest absolute Gasteiger partial charge is 0.435 e. The highest BCUT2D eigenvalue weighted by Crippen LogP contribution is 2.28. The van der Waals surface area contributed by atoms with Crippen molar-refractivity contribution >= 4 is 12.0 Å². The first-order chi connectivity index (χ1) is 9.00. The lowest BCUT2D eigenvalue weighted by atomic mass is 10.3. The molecule has 100 valence electrons. The molecule has 2 N–H and O–H groups in total. The third kappa shape index (κ3) is 3.10. The van der Waals surface area contributed by atoms with Gasteiger partial charge in [0.1, 0.15) is 6.34 Å². The van der Waals surface area contributed by atoms with Crippen LogP contribution in [0.25, 0.3) is 5.69 Å². The zero-order valence-electron chi connectivity index (χ0n) is 9.46. The van der Waals surface area contributed by atoms with E-state index in [4.69, 9.17) is 5.21 Å². The first-order valence-corrected chi connectivity index (χ1v) is 5.16. The molecule has 0 saturated carbocycles. The van der Waals surface area contributed by atoms with Crippen LogP contribution in [0, 0.1) is 0 Å². The predicted octanol–water partition coefficient (Wildman–Crippen LogP) is 2.53. The average Bonchev–Trinajstić information content (AvgIpc) is 2.86. The van der Waals surface area contributed by atoms with Gasteiger partial charge >= 0.3 is 6.18 Å². The number of rotatable bonds is 3. The summed E-state index contributed by atoms with van der Waals surface area (Å²) in [6, 6.07) is 7.20. The van der Waals surface area contributed by atoms with Gasteiger partial charge < -0.3 is 0 Å². The van der Waals surface area contributed by atoms with Crippen LogP contribution in [0.3, 0.4) is 0 Å². The van der Waals surface area contributed by atoms with Crippen molar-refractivity contribution < 1.29 is 18.4 Å². The molecule has 0 saturated heterocycles. The van der Waals surface area contributed by atoms with E-state index in [1.54, 1.807) is 29.7 Å². The highest BCUT2D eigenvalue weighted by atomic mass is 19.4. The monoisotopic (exact) mass is 270 g/mol. The standard InChI is InChI=1S/C11H9F3N4O/c12-11(13,14)10-5-6-18(17-10)9-3-1-8(2-4-9)15-7-16-19/h1-7,19H,(H,15,16). The molecule has 5 nitrogen and oxygen atoms in total. The number of nitrogens with one attached hydrogen (secondary N) is 1. The Morgan fingerprint density at radius 1 is 1.21 bits per heavy atom. The lowest BCUT2D eigenvalue weighted by Crippen LogP contribution is -2.07. The number of alkyl halides is 3. The molecule has 0 aliphatic heterocycles. The Kier molecular flexibility index (Phi) is 3.52. The maximum absolute atomic E-state index is 12.4. The van der Waals surface area contributed by atoms with E-state index in [2.05, 4.69) is 10.1 Å². The minimum Gasteiger partial charge on any atom is -0.290 e. The maximum atomic E-state index is 12.4. The highest BCUT2D eigenvalue weighted by molar-refractivity contribution is 5.60. The molecular formula is C11H9F3N4O. The summed E-state index contributed by atoms with van der Waals surface area (Å²) in [5, 5.41) is 11.8. The van der Waals surface area contributed by atoms with Gasteiger partial charge in [-0.1, -0.05) is 0 Å². The van der Waals surface area contributed by atoms with Crippen molar-refractivity contribution in [2.24, 2.45) is 4.99 Å². The molecule has 1 aromatic carbocycles. The molecule has 2 rings (SSSR count). The van der Waals surface area contributed by atoms with E-state index in [-0.39, 0.29) is 0 Å². The Morgan fingerprint density at radius 2 is 1.89 bits per heavy atom. The summed E-state index contributed by atoms with van der Waals surface area (Å²) in [5.74, 6) is 0. The topological polar surface area (TPSA) is 62.4 Å². The fourth-order valence-electron chi connectivity index (χ4n) is 1.41. The summed E-state index contributed by atoms with van der Waals surface area (Å²) in [7, 11) is 0. The molecular weight excluding hydrogens is 261 g/mol. The normalized spacial score (nSPS) is 12.0. The van der Waals surface area contributed by atoms with Gasteiger partial charge in [-0.05, 0) is 30.3 Å². The molecule has 0 amide bonds. The van der Waals surface area contributed by atoms with Crippen LogP contribution in [0.5, 0.6) is 0 Å². The number of hydroxylamine groups is 1. The Morgan fingerprint density at radius 3 is 2.42 bits per heavy atom. The van der Waals surface area contributed by atoms with Crippen LogP contribution in [-0.4, -0.2) is 21.3 Å². The summed E-state index contributed by atoms with van der Waals surface area (Å²) in [5.41, 5.74) is 1.82.